The molecule has 0 radical (unpaired) electrons. The SMILES string of the molecule is CC(C)C1(O)CN(CCOc2ccc(Cl)cc2Br)C1. The van der Waals surface area contributed by atoms with E-state index in [0.29, 0.717) is 17.5 Å². The summed E-state index contributed by atoms with van der Waals surface area (Å²) in [5.41, 5.74) is -0.513. The van der Waals surface area contributed by atoms with Crippen molar-refractivity contribution in [3.63, 3.8) is 0 Å². The highest BCUT2D eigenvalue weighted by Crippen LogP contribution is 2.29. The summed E-state index contributed by atoms with van der Waals surface area (Å²) in [7, 11) is 0. The van der Waals surface area contributed by atoms with Crippen LogP contribution >= 0.6 is 27.5 Å². The van der Waals surface area contributed by atoms with Gasteiger partial charge >= 0.3 is 0 Å². The van der Waals surface area contributed by atoms with Crippen molar-refractivity contribution in [2.24, 2.45) is 5.92 Å². The molecule has 1 saturated heterocycles. The summed E-state index contributed by atoms with van der Waals surface area (Å²) in [6.45, 7) is 7.00. The lowest BCUT2D eigenvalue weighted by molar-refractivity contribution is -0.129. The van der Waals surface area contributed by atoms with Crippen molar-refractivity contribution < 1.29 is 9.84 Å². The van der Waals surface area contributed by atoms with E-state index >= 15 is 0 Å². The van der Waals surface area contributed by atoms with Crippen LogP contribution in [0.5, 0.6) is 5.75 Å². The molecule has 0 aliphatic carbocycles. The Bertz CT molecular complexity index is 447. The molecule has 1 aliphatic rings. The number of likely N-dealkylation sites (tertiary alicyclic amines) is 1. The van der Waals surface area contributed by atoms with Crippen LogP contribution in [0.2, 0.25) is 5.02 Å². The minimum absolute atomic E-state index is 0.301. The van der Waals surface area contributed by atoms with Crippen LogP contribution in [-0.2, 0) is 0 Å². The maximum Gasteiger partial charge on any atom is 0.133 e. The van der Waals surface area contributed by atoms with E-state index < -0.39 is 5.60 Å². The summed E-state index contributed by atoms with van der Waals surface area (Å²) in [6, 6.07) is 5.48. The molecule has 0 aromatic heterocycles. The van der Waals surface area contributed by atoms with Gasteiger partial charge in [0.1, 0.15) is 12.4 Å². The first-order valence-electron chi connectivity index (χ1n) is 6.43. The molecular formula is C14H19BrClNO2. The highest BCUT2D eigenvalue weighted by molar-refractivity contribution is 9.10. The molecule has 1 heterocycles. The quantitative estimate of drug-likeness (QED) is 0.887. The molecule has 2 rings (SSSR count). The van der Waals surface area contributed by atoms with E-state index in [1.54, 1.807) is 0 Å². The Balaban J connectivity index is 1.74. The van der Waals surface area contributed by atoms with Gasteiger partial charge in [0.15, 0.2) is 0 Å². The molecule has 0 spiro atoms. The van der Waals surface area contributed by atoms with Crippen molar-refractivity contribution >= 4 is 27.5 Å². The number of halogens is 2. The fraction of sp³-hybridized carbons (Fsp3) is 0.571. The van der Waals surface area contributed by atoms with Crippen molar-refractivity contribution in [2.75, 3.05) is 26.2 Å². The Morgan fingerprint density at radius 3 is 2.74 bits per heavy atom. The summed E-state index contributed by atoms with van der Waals surface area (Å²) in [4.78, 5) is 2.20. The maximum absolute atomic E-state index is 10.1. The molecule has 0 bridgehead atoms. The first-order valence-corrected chi connectivity index (χ1v) is 7.60. The Morgan fingerprint density at radius 2 is 2.16 bits per heavy atom. The van der Waals surface area contributed by atoms with Crippen LogP contribution in [0.25, 0.3) is 0 Å². The molecule has 1 aromatic carbocycles. The molecule has 1 N–H and O–H groups in total. The van der Waals surface area contributed by atoms with Crippen molar-refractivity contribution in [3.05, 3.63) is 27.7 Å². The van der Waals surface area contributed by atoms with Crippen LogP contribution in [0.1, 0.15) is 13.8 Å². The van der Waals surface area contributed by atoms with Crippen LogP contribution in [0.3, 0.4) is 0 Å². The molecule has 0 atom stereocenters. The molecule has 0 unspecified atom stereocenters. The van der Waals surface area contributed by atoms with Gasteiger partial charge in [-0.05, 0) is 40.0 Å². The normalized spacial score (nSPS) is 18.4. The fourth-order valence-corrected chi connectivity index (χ4v) is 2.93. The molecule has 3 nitrogen and oxygen atoms in total. The predicted octanol–water partition coefficient (Wildman–Crippen LogP) is 3.18. The van der Waals surface area contributed by atoms with Gasteiger partial charge in [0.05, 0.1) is 10.1 Å². The van der Waals surface area contributed by atoms with Gasteiger partial charge in [0, 0.05) is 24.7 Å². The minimum atomic E-state index is -0.513. The molecule has 1 fully saturated rings. The standard InChI is InChI=1S/C14H19BrClNO2/c1-10(2)14(18)8-17(9-14)5-6-19-13-4-3-11(16)7-12(13)15/h3-4,7,10,18H,5-6,8-9H2,1-2H3. The first kappa shape index (κ1) is 15.1. The van der Waals surface area contributed by atoms with E-state index in [-0.39, 0.29) is 0 Å². The number of ether oxygens (including phenoxy) is 1. The van der Waals surface area contributed by atoms with Crippen molar-refractivity contribution in [3.8, 4) is 5.75 Å². The maximum atomic E-state index is 10.1. The van der Waals surface area contributed by atoms with Crippen LogP contribution in [0, 0.1) is 5.92 Å². The summed E-state index contributed by atoms with van der Waals surface area (Å²) in [5.74, 6) is 1.10. The van der Waals surface area contributed by atoms with Crippen LogP contribution in [0.15, 0.2) is 22.7 Å². The summed E-state index contributed by atoms with van der Waals surface area (Å²) in [5, 5.41) is 10.8. The summed E-state index contributed by atoms with van der Waals surface area (Å²) >= 11 is 9.29. The monoisotopic (exact) mass is 347 g/mol. The van der Waals surface area contributed by atoms with E-state index in [2.05, 4.69) is 34.7 Å². The van der Waals surface area contributed by atoms with E-state index in [9.17, 15) is 5.11 Å². The highest BCUT2D eigenvalue weighted by atomic mass is 79.9. The zero-order chi connectivity index (χ0) is 14.0. The molecular weight excluding hydrogens is 330 g/mol. The van der Waals surface area contributed by atoms with Crippen molar-refractivity contribution in [1.82, 2.24) is 4.90 Å². The number of rotatable bonds is 5. The van der Waals surface area contributed by atoms with Gasteiger partial charge in [0.25, 0.3) is 0 Å². The largest absolute Gasteiger partial charge is 0.491 e. The Morgan fingerprint density at radius 1 is 1.47 bits per heavy atom. The fourth-order valence-electron chi connectivity index (χ4n) is 2.13. The van der Waals surface area contributed by atoms with Gasteiger partial charge in [0.2, 0.25) is 0 Å². The number of aliphatic hydroxyl groups is 1. The lowest BCUT2D eigenvalue weighted by Gasteiger charge is -2.49. The minimum Gasteiger partial charge on any atom is -0.491 e. The first-order chi connectivity index (χ1) is 8.90. The molecule has 5 heteroatoms. The average Bonchev–Trinajstić information content (AvgIpc) is 2.29. The second-order valence-electron chi connectivity index (χ2n) is 5.39. The van der Waals surface area contributed by atoms with Gasteiger partial charge in [-0.2, -0.15) is 0 Å². The zero-order valence-corrected chi connectivity index (χ0v) is 13.5. The molecule has 1 aliphatic heterocycles. The molecule has 0 amide bonds. The van der Waals surface area contributed by atoms with Crippen LogP contribution in [0.4, 0.5) is 0 Å². The molecule has 106 valence electrons. The number of hydrogen-bond acceptors (Lipinski definition) is 3. The number of benzene rings is 1. The lowest BCUT2D eigenvalue weighted by Crippen LogP contribution is -2.64. The van der Waals surface area contributed by atoms with Crippen LogP contribution in [-0.4, -0.2) is 41.8 Å². The van der Waals surface area contributed by atoms with Crippen LogP contribution < -0.4 is 4.74 Å². The average molecular weight is 349 g/mol. The third-order valence-electron chi connectivity index (χ3n) is 3.63. The zero-order valence-electron chi connectivity index (χ0n) is 11.2. The van der Waals surface area contributed by atoms with E-state index in [0.717, 1.165) is 29.9 Å². The molecule has 1 aromatic rings. The Hall–Kier alpha value is -0.290. The van der Waals surface area contributed by atoms with Gasteiger partial charge in [-0.1, -0.05) is 25.4 Å². The third-order valence-corrected chi connectivity index (χ3v) is 4.48. The summed E-state index contributed by atoms with van der Waals surface area (Å²) in [6.07, 6.45) is 0. The van der Waals surface area contributed by atoms with Crippen molar-refractivity contribution in [1.29, 1.82) is 0 Å². The van der Waals surface area contributed by atoms with Gasteiger partial charge < -0.3 is 9.84 Å². The second-order valence-corrected chi connectivity index (χ2v) is 6.68. The van der Waals surface area contributed by atoms with E-state index in [4.69, 9.17) is 16.3 Å². The Labute approximate surface area is 127 Å². The Kier molecular flexibility index (Phi) is 4.77. The molecule has 19 heavy (non-hydrogen) atoms. The smallest absolute Gasteiger partial charge is 0.133 e. The second kappa shape index (κ2) is 6.00. The lowest BCUT2D eigenvalue weighted by atomic mass is 9.83. The molecule has 0 saturated carbocycles. The number of nitrogens with zero attached hydrogens (tertiary/aromatic N) is 1. The third kappa shape index (κ3) is 3.63. The van der Waals surface area contributed by atoms with Gasteiger partial charge in [-0.3, -0.25) is 4.90 Å². The topological polar surface area (TPSA) is 32.7 Å². The van der Waals surface area contributed by atoms with Gasteiger partial charge in [-0.15, -0.1) is 0 Å². The number of β-amino-alcohol motifs (C(OH)–C–C–N with tert-alkyl or cyclic N) is 1. The van der Waals surface area contributed by atoms with Crippen molar-refractivity contribution in [2.45, 2.75) is 19.4 Å². The van der Waals surface area contributed by atoms with Gasteiger partial charge in [-0.25, -0.2) is 0 Å². The highest BCUT2D eigenvalue weighted by Gasteiger charge is 2.43. The van der Waals surface area contributed by atoms with E-state index in [1.165, 1.54) is 0 Å². The van der Waals surface area contributed by atoms with E-state index in [1.807, 2.05) is 18.2 Å². The number of hydrogen-bond donors (Lipinski definition) is 1. The summed E-state index contributed by atoms with van der Waals surface area (Å²) < 4.78 is 6.56. The predicted molar refractivity (Wildman–Crippen MR) is 80.9 cm³/mol.